The fourth-order valence-electron chi connectivity index (χ4n) is 4.05. The smallest absolute Gasteiger partial charge is 0.335 e. The number of Topliss-reactive ketones (excluding diaryl/α,β-unsaturated/α-hetero) is 1. The van der Waals surface area contributed by atoms with Gasteiger partial charge in [0.25, 0.3) is 0 Å². The maximum atomic E-state index is 14.6. The molecule has 2 aromatic carbocycles. The molecule has 0 heterocycles. The number of ether oxygens (including phenoxy) is 1. The second-order valence-electron chi connectivity index (χ2n) is 8.42. The molecule has 2 aliphatic carbocycles. The van der Waals surface area contributed by atoms with E-state index in [2.05, 4.69) is 0 Å². The summed E-state index contributed by atoms with van der Waals surface area (Å²) in [6.45, 7) is 3.43. The van der Waals surface area contributed by atoms with Gasteiger partial charge in [-0.15, -0.1) is 0 Å². The van der Waals surface area contributed by atoms with Gasteiger partial charge in [0.05, 0.1) is 11.7 Å². The van der Waals surface area contributed by atoms with Crippen molar-refractivity contribution >= 4 is 11.8 Å². The molecule has 4 nitrogen and oxygen atoms in total. The second-order valence-corrected chi connectivity index (χ2v) is 8.42. The Morgan fingerprint density at radius 1 is 1.03 bits per heavy atom. The monoisotopic (exact) mass is 426 g/mol. The first-order chi connectivity index (χ1) is 14.9. The van der Waals surface area contributed by atoms with E-state index in [-0.39, 0.29) is 29.2 Å². The molecule has 4 rings (SSSR count). The summed E-state index contributed by atoms with van der Waals surface area (Å²) in [5, 5.41) is 9.41. The molecule has 0 atom stereocenters. The van der Waals surface area contributed by atoms with Crippen LogP contribution in [0.5, 0.6) is 5.75 Å². The third kappa shape index (κ3) is 5.72. The molecule has 5 heteroatoms. The van der Waals surface area contributed by atoms with Gasteiger partial charge in [-0.25, -0.2) is 9.18 Å². The molecule has 0 amide bonds. The maximum Gasteiger partial charge on any atom is 0.335 e. The Labute approximate surface area is 183 Å². The first-order valence-corrected chi connectivity index (χ1v) is 11.2. The van der Waals surface area contributed by atoms with Crippen LogP contribution in [0.4, 0.5) is 4.39 Å². The highest BCUT2D eigenvalue weighted by atomic mass is 19.1. The van der Waals surface area contributed by atoms with E-state index >= 15 is 0 Å². The van der Waals surface area contributed by atoms with Crippen LogP contribution < -0.4 is 4.74 Å². The van der Waals surface area contributed by atoms with Crippen LogP contribution in [-0.4, -0.2) is 23.0 Å². The van der Waals surface area contributed by atoms with Crippen LogP contribution >= 0.6 is 0 Å². The van der Waals surface area contributed by atoms with E-state index < -0.39 is 5.97 Å². The van der Waals surface area contributed by atoms with Crippen molar-refractivity contribution in [3.05, 3.63) is 53.3 Å². The van der Waals surface area contributed by atoms with E-state index in [1.807, 2.05) is 13.0 Å². The SMILES string of the molecule is CCC(C)=O.O=C(O)c1ccc(OC2CCCC2)c(-c2cccc(F)c2C2CCC2)c1. The normalized spacial score (nSPS) is 16.2. The summed E-state index contributed by atoms with van der Waals surface area (Å²) in [6, 6.07) is 10.0. The van der Waals surface area contributed by atoms with Crippen LogP contribution in [-0.2, 0) is 4.79 Å². The minimum atomic E-state index is -0.986. The molecule has 0 radical (unpaired) electrons. The summed E-state index contributed by atoms with van der Waals surface area (Å²) in [5.74, 6) is -0.0721. The van der Waals surface area contributed by atoms with Gasteiger partial charge in [0, 0.05) is 12.0 Å². The van der Waals surface area contributed by atoms with Crippen LogP contribution in [0.2, 0.25) is 0 Å². The zero-order valence-electron chi connectivity index (χ0n) is 18.3. The molecular weight excluding hydrogens is 395 g/mol. The summed E-state index contributed by atoms with van der Waals surface area (Å²) < 4.78 is 20.9. The van der Waals surface area contributed by atoms with Gasteiger partial charge in [-0.1, -0.05) is 25.5 Å². The van der Waals surface area contributed by atoms with Crippen molar-refractivity contribution in [1.82, 2.24) is 0 Å². The molecule has 1 N–H and O–H groups in total. The Morgan fingerprint density at radius 2 is 1.71 bits per heavy atom. The topological polar surface area (TPSA) is 63.6 Å². The molecule has 2 aromatic rings. The van der Waals surface area contributed by atoms with Crippen LogP contribution in [0.15, 0.2) is 36.4 Å². The lowest BCUT2D eigenvalue weighted by atomic mass is 9.76. The van der Waals surface area contributed by atoms with Crippen molar-refractivity contribution in [2.45, 2.75) is 77.2 Å². The summed E-state index contributed by atoms with van der Waals surface area (Å²) in [6.07, 6.45) is 8.22. The molecule has 0 saturated heterocycles. The molecule has 0 aromatic heterocycles. The fraction of sp³-hybridized carbons (Fsp3) is 0.462. The predicted octanol–water partition coefficient (Wildman–Crippen LogP) is 6.77. The summed E-state index contributed by atoms with van der Waals surface area (Å²) in [5.41, 5.74) is 2.36. The van der Waals surface area contributed by atoms with E-state index in [4.69, 9.17) is 4.74 Å². The molecular formula is C26H31FO4. The van der Waals surface area contributed by atoms with Gasteiger partial charge in [0.2, 0.25) is 0 Å². The van der Waals surface area contributed by atoms with Gasteiger partial charge < -0.3 is 14.6 Å². The lowest BCUT2D eigenvalue weighted by molar-refractivity contribution is -0.116. The zero-order chi connectivity index (χ0) is 22.4. The van der Waals surface area contributed by atoms with E-state index in [9.17, 15) is 19.1 Å². The largest absolute Gasteiger partial charge is 0.490 e. The third-order valence-electron chi connectivity index (χ3n) is 6.18. The first kappa shape index (κ1) is 23.0. The second kappa shape index (κ2) is 10.6. The maximum absolute atomic E-state index is 14.6. The third-order valence-corrected chi connectivity index (χ3v) is 6.18. The number of rotatable bonds is 6. The standard InChI is InChI=1S/C22H23FO3.C4H8O/c23-19-10-4-9-17(21(19)14-5-3-6-14)18-13-15(22(24)25)11-12-20(18)26-16-7-1-2-8-16;1-3-4(2)5/h4,9-14,16H,1-3,5-8H2,(H,24,25);3H2,1-2H3. The van der Waals surface area contributed by atoms with E-state index in [0.717, 1.165) is 50.5 Å². The van der Waals surface area contributed by atoms with Crippen molar-refractivity contribution in [2.75, 3.05) is 0 Å². The number of carbonyl (C=O) groups excluding carboxylic acids is 1. The van der Waals surface area contributed by atoms with E-state index in [1.165, 1.54) is 6.07 Å². The Kier molecular flexibility index (Phi) is 7.83. The highest BCUT2D eigenvalue weighted by Crippen LogP contribution is 2.45. The molecule has 166 valence electrons. The molecule has 0 unspecified atom stereocenters. The number of carbonyl (C=O) groups is 2. The molecule has 2 saturated carbocycles. The summed E-state index contributed by atoms with van der Waals surface area (Å²) in [7, 11) is 0. The number of aromatic carboxylic acids is 1. The number of hydrogen-bond acceptors (Lipinski definition) is 3. The zero-order valence-corrected chi connectivity index (χ0v) is 18.3. The van der Waals surface area contributed by atoms with Gasteiger partial charge in [0.15, 0.2) is 0 Å². The Morgan fingerprint density at radius 3 is 2.26 bits per heavy atom. The average molecular weight is 427 g/mol. The Hall–Kier alpha value is -2.69. The first-order valence-electron chi connectivity index (χ1n) is 11.2. The van der Waals surface area contributed by atoms with Crippen LogP contribution in [0.1, 0.15) is 87.1 Å². The molecule has 2 aliphatic rings. The van der Waals surface area contributed by atoms with Crippen molar-refractivity contribution in [3.8, 4) is 16.9 Å². The van der Waals surface area contributed by atoms with Crippen LogP contribution in [0.3, 0.4) is 0 Å². The lowest BCUT2D eigenvalue weighted by Crippen LogP contribution is -2.14. The van der Waals surface area contributed by atoms with Gasteiger partial charge in [0.1, 0.15) is 17.3 Å². The van der Waals surface area contributed by atoms with E-state index in [0.29, 0.717) is 23.3 Å². The van der Waals surface area contributed by atoms with Crippen molar-refractivity contribution in [1.29, 1.82) is 0 Å². The highest BCUT2D eigenvalue weighted by Gasteiger charge is 2.28. The van der Waals surface area contributed by atoms with Crippen LogP contribution in [0, 0.1) is 5.82 Å². The minimum absolute atomic E-state index is 0.158. The predicted molar refractivity (Wildman–Crippen MR) is 119 cm³/mol. The fourth-order valence-corrected chi connectivity index (χ4v) is 4.05. The van der Waals surface area contributed by atoms with Gasteiger partial charge in [-0.2, -0.15) is 0 Å². The van der Waals surface area contributed by atoms with Crippen LogP contribution in [0.25, 0.3) is 11.1 Å². The minimum Gasteiger partial charge on any atom is -0.490 e. The van der Waals surface area contributed by atoms with Crippen molar-refractivity contribution < 1.29 is 23.8 Å². The molecule has 2 fully saturated rings. The van der Waals surface area contributed by atoms with Gasteiger partial charge in [-0.3, -0.25) is 0 Å². The quantitative estimate of drug-likeness (QED) is 0.554. The number of hydrogen-bond donors (Lipinski definition) is 1. The van der Waals surface area contributed by atoms with Crippen molar-refractivity contribution in [2.24, 2.45) is 0 Å². The lowest BCUT2D eigenvalue weighted by Gasteiger charge is -2.29. The Bertz CT molecular complexity index is 927. The Balaban J connectivity index is 0.000000491. The number of carboxylic acids is 1. The number of benzene rings is 2. The molecule has 31 heavy (non-hydrogen) atoms. The van der Waals surface area contributed by atoms with Gasteiger partial charge in [-0.05, 0) is 86.8 Å². The molecule has 0 bridgehead atoms. The number of halogens is 1. The summed E-state index contributed by atoms with van der Waals surface area (Å²) in [4.78, 5) is 21.3. The molecule has 0 spiro atoms. The number of ketones is 1. The number of carboxylic acid groups (broad SMARTS) is 1. The highest BCUT2D eigenvalue weighted by molar-refractivity contribution is 5.91. The summed E-state index contributed by atoms with van der Waals surface area (Å²) >= 11 is 0. The van der Waals surface area contributed by atoms with Gasteiger partial charge >= 0.3 is 5.97 Å². The molecule has 0 aliphatic heterocycles. The average Bonchev–Trinajstić information content (AvgIpc) is 3.22. The van der Waals surface area contributed by atoms with E-state index in [1.54, 1.807) is 31.2 Å². The van der Waals surface area contributed by atoms with Crippen molar-refractivity contribution in [3.63, 3.8) is 0 Å².